The van der Waals surface area contributed by atoms with E-state index >= 15 is 0 Å². The quantitative estimate of drug-likeness (QED) is 0.737. The van der Waals surface area contributed by atoms with Crippen LogP contribution in [-0.4, -0.2) is 47.6 Å². The maximum Gasteiger partial charge on any atom is 0.299 e. The third-order valence-corrected chi connectivity index (χ3v) is 5.84. The van der Waals surface area contributed by atoms with E-state index < -0.39 is 0 Å². The van der Waals surface area contributed by atoms with Crippen LogP contribution in [0.4, 0.5) is 11.8 Å². The van der Waals surface area contributed by atoms with Crippen molar-refractivity contribution < 1.29 is 9.21 Å². The van der Waals surface area contributed by atoms with Gasteiger partial charge in [0.1, 0.15) is 17.4 Å². The molecule has 0 spiro atoms. The molecule has 1 N–H and O–H groups in total. The van der Waals surface area contributed by atoms with Gasteiger partial charge in [-0.05, 0) is 49.9 Å². The Kier molecular flexibility index (Phi) is 4.79. The maximum atomic E-state index is 13.1. The normalized spacial score (nSPS) is 22.2. The van der Waals surface area contributed by atoms with Crippen molar-refractivity contribution in [3.8, 4) is 0 Å². The molecule has 7 nitrogen and oxygen atoms in total. The summed E-state index contributed by atoms with van der Waals surface area (Å²) >= 11 is 0. The van der Waals surface area contributed by atoms with Gasteiger partial charge in [-0.1, -0.05) is 18.2 Å². The van der Waals surface area contributed by atoms with Gasteiger partial charge < -0.3 is 19.5 Å². The largest absolute Gasteiger partial charge is 0.423 e. The monoisotopic (exact) mass is 391 g/mol. The van der Waals surface area contributed by atoms with Crippen LogP contribution in [0.1, 0.15) is 25.7 Å². The standard InChI is InChI=1S/C22H25N5O2/c28-21(24-16-11-14-26(15-16)20-10-3-5-12-23-20)18-8-4-6-13-27(18)22-25-17-7-1-2-9-19(17)29-22/h1-3,5,7,9-10,12,16,18H,4,6,8,11,13-15H2,(H,24,28)/t16-,18-/m0/s1. The minimum absolute atomic E-state index is 0.0693. The molecule has 0 aliphatic carbocycles. The van der Waals surface area contributed by atoms with E-state index in [2.05, 4.69) is 20.2 Å². The molecule has 3 aromatic rings. The topological polar surface area (TPSA) is 74.5 Å². The molecule has 0 saturated carbocycles. The van der Waals surface area contributed by atoms with Crippen molar-refractivity contribution in [2.24, 2.45) is 0 Å². The van der Waals surface area contributed by atoms with E-state index in [1.54, 1.807) is 0 Å². The second-order valence-electron chi connectivity index (χ2n) is 7.80. The molecule has 7 heteroatoms. The number of benzene rings is 1. The van der Waals surface area contributed by atoms with Gasteiger partial charge in [0.05, 0.1) is 0 Å². The summed E-state index contributed by atoms with van der Waals surface area (Å²) in [6.07, 6.45) is 5.64. The molecule has 4 heterocycles. The summed E-state index contributed by atoms with van der Waals surface area (Å²) in [5.74, 6) is 1.04. The number of aromatic nitrogens is 2. The van der Waals surface area contributed by atoms with E-state index in [9.17, 15) is 4.79 Å². The first kappa shape index (κ1) is 18.0. The van der Waals surface area contributed by atoms with Crippen molar-refractivity contribution in [3.63, 3.8) is 0 Å². The SMILES string of the molecule is O=C(N[C@H]1CCN(c2ccccn2)C1)[C@@H]1CCCCN1c1nc2ccccc2o1. The van der Waals surface area contributed by atoms with Gasteiger partial charge in [0.25, 0.3) is 6.01 Å². The van der Waals surface area contributed by atoms with Crippen molar-refractivity contribution in [2.75, 3.05) is 29.4 Å². The third-order valence-electron chi connectivity index (χ3n) is 5.84. The molecule has 2 aromatic heterocycles. The lowest BCUT2D eigenvalue weighted by Crippen LogP contribution is -2.52. The Morgan fingerprint density at radius 2 is 1.97 bits per heavy atom. The van der Waals surface area contributed by atoms with Crippen molar-refractivity contribution >= 4 is 28.8 Å². The van der Waals surface area contributed by atoms with Gasteiger partial charge in [0.15, 0.2) is 5.58 Å². The van der Waals surface area contributed by atoms with Crippen molar-refractivity contribution in [1.29, 1.82) is 0 Å². The maximum absolute atomic E-state index is 13.1. The van der Waals surface area contributed by atoms with Gasteiger partial charge in [0, 0.05) is 31.9 Å². The number of nitrogens with zero attached hydrogens (tertiary/aromatic N) is 4. The van der Waals surface area contributed by atoms with Crippen LogP contribution in [0.5, 0.6) is 0 Å². The second kappa shape index (κ2) is 7.73. The van der Waals surface area contributed by atoms with Crippen LogP contribution in [-0.2, 0) is 4.79 Å². The molecule has 2 aliphatic heterocycles. The summed E-state index contributed by atoms with van der Waals surface area (Å²) < 4.78 is 5.95. The van der Waals surface area contributed by atoms with Crippen molar-refractivity contribution in [2.45, 2.75) is 37.8 Å². The first-order valence-corrected chi connectivity index (χ1v) is 10.4. The first-order valence-electron chi connectivity index (χ1n) is 10.4. The first-order chi connectivity index (χ1) is 14.3. The number of amides is 1. The number of piperidine rings is 1. The number of anilines is 2. The van der Waals surface area contributed by atoms with Gasteiger partial charge >= 0.3 is 0 Å². The van der Waals surface area contributed by atoms with E-state index in [4.69, 9.17) is 4.42 Å². The highest BCUT2D eigenvalue weighted by Gasteiger charge is 2.34. The Balaban J connectivity index is 1.28. The highest BCUT2D eigenvalue weighted by atomic mass is 16.4. The smallest absolute Gasteiger partial charge is 0.299 e. The lowest BCUT2D eigenvalue weighted by atomic mass is 10.0. The molecule has 2 fully saturated rings. The molecule has 2 saturated heterocycles. The zero-order valence-corrected chi connectivity index (χ0v) is 16.3. The number of pyridine rings is 1. The minimum atomic E-state index is -0.235. The molecule has 0 bridgehead atoms. The summed E-state index contributed by atoms with van der Waals surface area (Å²) in [5.41, 5.74) is 1.59. The highest BCUT2D eigenvalue weighted by Crippen LogP contribution is 2.28. The van der Waals surface area contributed by atoms with E-state index in [-0.39, 0.29) is 18.0 Å². The fourth-order valence-electron chi connectivity index (χ4n) is 4.34. The average molecular weight is 391 g/mol. The number of carbonyl (C=O) groups excluding carboxylic acids is 1. The molecule has 0 radical (unpaired) electrons. The van der Waals surface area contributed by atoms with Gasteiger partial charge in [-0.2, -0.15) is 4.98 Å². The van der Waals surface area contributed by atoms with Gasteiger partial charge in [-0.15, -0.1) is 0 Å². The average Bonchev–Trinajstić information content (AvgIpc) is 3.41. The number of oxazole rings is 1. The van der Waals surface area contributed by atoms with Gasteiger partial charge in [-0.3, -0.25) is 4.79 Å². The molecule has 29 heavy (non-hydrogen) atoms. The van der Waals surface area contributed by atoms with Crippen LogP contribution in [0.15, 0.2) is 53.1 Å². The molecular formula is C22H25N5O2. The number of fused-ring (bicyclic) bond motifs is 1. The molecule has 150 valence electrons. The Morgan fingerprint density at radius 1 is 1.07 bits per heavy atom. The number of rotatable bonds is 4. The number of carbonyl (C=O) groups is 1. The molecule has 1 amide bonds. The van der Waals surface area contributed by atoms with Crippen LogP contribution >= 0.6 is 0 Å². The summed E-state index contributed by atoms with van der Waals surface area (Å²) in [6.45, 7) is 2.48. The Hall–Kier alpha value is -3.09. The van der Waals surface area contributed by atoms with Crippen LogP contribution in [0.3, 0.4) is 0 Å². The zero-order chi connectivity index (χ0) is 19.6. The Bertz CT molecular complexity index is 956. The Labute approximate surface area is 169 Å². The fraction of sp³-hybridized carbons (Fsp3) is 0.409. The van der Waals surface area contributed by atoms with Gasteiger partial charge in [-0.25, -0.2) is 4.98 Å². The molecule has 2 aliphatic rings. The number of hydrogen-bond donors (Lipinski definition) is 1. The van der Waals surface area contributed by atoms with Crippen LogP contribution in [0, 0.1) is 0 Å². The van der Waals surface area contributed by atoms with E-state index in [1.807, 2.05) is 53.6 Å². The summed E-state index contributed by atoms with van der Waals surface area (Å²) in [6, 6.07) is 14.1. The number of hydrogen-bond acceptors (Lipinski definition) is 6. The summed E-state index contributed by atoms with van der Waals surface area (Å²) in [7, 11) is 0. The summed E-state index contributed by atoms with van der Waals surface area (Å²) in [5, 5.41) is 3.26. The predicted molar refractivity (Wildman–Crippen MR) is 112 cm³/mol. The second-order valence-corrected chi connectivity index (χ2v) is 7.80. The highest BCUT2D eigenvalue weighted by molar-refractivity contribution is 5.86. The molecular weight excluding hydrogens is 366 g/mol. The third kappa shape index (κ3) is 3.64. The van der Waals surface area contributed by atoms with Crippen molar-refractivity contribution in [3.05, 3.63) is 48.7 Å². The lowest BCUT2D eigenvalue weighted by Gasteiger charge is -2.34. The fourth-order valence-corrected chi connectivity index (χ4v) is 4.34. The summed E-state index contributed by atoms with van der Waals surface area (Å²) in [4.78, 5) is 26.4. The van der Waals surface area contributed by atoms with E-state index in [1.165, 1.54) is 0 Å². The molecule has 2 atom stereocenters. The Morgan fingerprint density at radius 3 is 2.83 bits per heavy atom. The minimum Gasteiger partial charge on any atom is -0.423 e. The van der Waals surface area contributed by atoms with Crippen molar-refractivity contribution in [1.82, 2.24) is 15.3 Å². The van der Waals surface area contributed by atoms with Gasteiger partial charge in [0.2, 0.25) is 5.91 Å². The zero-order valence-electron chi connectivity index (χ0n) is 16.3. The van der Waals surface area contributed by atoms with Crippen LogP contribution in [0.2, 0.25) is 0 Å². The molecule has 1 aromatic carbocycles. The molecule has 0 unspecified atom stereocenters. The number of para-hydroxylation sites is 2. The van der Waals surface area contributed by atoms with E-state index in [0.717, 1.165) is 62.2 Å². The van der Waals surface area contributed by atoms with E-state index in [0.29, 0.717) is 6.01 Å². The van der Waals surface area contributed by atoms with Crippen LogP contribution in [0.25, 0.3) is 11.1 Å². The lowest BCUT2D eigenvalue weighted by molar-refractivity contribution is -0.123. The predicted octanol–water partition coefficient (Wildman–Crippen LogP) is 2.98. The number of nitrogens with one attached hydrogen (secondary N) is 1. The molecule has 5 rings (SSSR count). The van der Waals surface area contributed by atoms with Crippen LogP contribution < -0.4 is 15.1 Å².